The first-order valence-electron chi connectivity index (χ1n) is 9.60. The average Bonchev–Trinajstić information content (AvgIpc) is 2.89. The lowest BCUT2D eigenvalue weighted by molar-refractivity contribution is -0.111. The molecular weight excluding hydrogens is 348 g/mol. The van der Waals surface area contributed by atoms with Gasteiger partial charge in [-0.05, 0) is 52.9 Å². The van der Waals surface area contributed by atoms with Crippen LogP contribution in [0, 0.1) is 0 Å². The molecule has 1 atom stereocenters. The molecule has 0 radical (unpaired) electrons. The number of Topliss-reactive ketones (excluding diaryl/α,β-unsaturated/α-hetero) is 1. The molecule has 0 saturated heterocycles. The van der Waals surface area contributed by atoms with Crippen molar-refractivity contribution in [1.29, 1.82) is 0 Å². The van der Waals surface area contributed by atoms with Gasteiger partial charge in [0.1, 0.15) is 0 Å². The minimum Gasteiger partial charge on any atom is -0.338 e. The Labute approximate surface area is 169 Å². The van der Waals surface area contributed by atoms with E-state index >= 15 is 0 Å². The molecule has 2 aliphatic rings. The number of allylic oxidation sites excluding steroid dienone is 8. The topological polar surface area (TPSA) is 48.3 Å². The Bertz CT molecular complexity index is 846. The third kappa shape index (κ3) is 4.47. The fraction of sp³-hybridized carbons (Fsp3) is 0.435. The quantitative estimate of drug-likeness (QED) is 0.528. The summed E-state index contributed by atoms with van der Waals surface area (Å²) in [7, 11) is 5.99. The van der Waals surface area contributed by atoms with Gasteiger partial charge in [0.25, 0.3) is 0 Å². The summed E-state index contributed by atoms with van der Waals surface area (Å²) in [6.07, 6.45) is 8.89. The number of aliphatic imine (C=N–C) groups is 2. The van der Waals surface area contributed by atoms with Crippen molar-refractivity contribution < 1.29 is 4.79 Å². The van der Waals surface area contributed by atoms with Gasteiger partial charge in [0.15, 0.2) is 12.1 Å². The highest BCUT2D eigenvalue weighted by molar-refractivity contribution is 6.22. The summed E-state index contributed by atoms with van der Waals surface area (Å²) in [5.74, 6) is -0.0189. The van der Waals surface area contributed by atoms with Crippen LogP contribution in [-0.2, 0) is 4.79 Å². The summed E-state index contributed by atoms with van der Waals surface area (Å²) in [6.45, 7) is 12.0. The fourth-order valence-corrected chi connectivity index (χ4v) is 3.45. The zero-order chi connectivity index (χ0) is 21.0. The van der Waals surface area contributed by atoms with E-state index in [1.165, 1.54) is 0 Å². The Morgan fingerprint density at radius 2 is 2.04 bits per heavy atom. The van der Waals surface area contributed by atoms with E-state index in [2.05, 4.69) is 16.5 Å². The smallest absolute Gasteiger partial charge is 0.195 e. The Kier molecular flexibility index (Phi) is 7.08. The molecule has 0 spiro atoms. The third-order valence-corrected chi connectivity index (χ3v) is 4.90. The number of carbonyl (C=O) groups excluding carboxylic acids is 1. The normalized spacial score (nSPS) is 22.4. The van der Waals surface area contributed by atoms with Crippen LogP contribution in [0.5, 0.6) is 0 Å². The Morgan fingerprint density at radius 1 is 1.36 bits per heavy atom. The van der Waals surface area contributed by atoms with Gasteiger partial charge in [0.2, 0.25) is 0 Å². The zero-order valence-electron chi connectivity index (χ0n) is 18.2. The molecule has 1 aliphatic carbocycles. The van der Waals surface area contributed by atoms with E-state index in [1.54, 1.807) is 0 Å². The monoisotopic (exact) mass is 380 g/mol. The molecule has 5 heteroatoms. The largest absolute Gasteiger partial charge is 0.338 e. The summed E-state index contributed by atoms with van der Waals surface area (Å²) in [4.78, 5) is 26.6. The van der Waals surface area contributed by atoms with Crippen molar-refractivity contribution in [2.24, 2.45) is 9.98 Å². The van der Waals surface area contributed by atoms with Crippen molar-refractivity contribution in [1.82, 2.24) is 9.80 Å². The van der Waals surface area contributed by atoms with E-state index in [-0.39, 0.29) is 12.1 Å². The molecule has 0 N–H and O–H groups in total. The number of rotatable bonds is 5. The number of hydrogen-bond donors (Lipinski definition) is 0. The van der Waals surface area contributed by atoms with Gasteiger partial charge in [-0.3, -0.25) is 14.7 Å². The van der Waals surface area contributed by atoms with Crippen LogP contribution in [0.25, 0.3) is 0 Å². The maximum Gasteiger partial charge on any atom is 0.195 e. The Morgan fingerprint density at radius 3 is 2.61 bits per heavy atom. The molecule has 0 aromatic rings. The van der Waals surface area contributed by atoms with Gasteiger partial charge < -0.3 is 4.90 Å². The van der Waals surface area contributed by atoms with Crippen LogP contribution in [0.2, 0.25) is 0 Å². The molecular formula is C23H32N4O. The molecule has 0 amide bonds. The maximum absolute atomic E-state index is 13.3. The lowest BCUT2D eigenvalue weighted by Gasteiger charge is -2.28. The highest BCUT2D eigenvalue weighted by atomic mass is 16.1. The van der Waals surface area contributed by atoms with E-state index in [1.807, 2.05) is 78.3 Å². The minimum absolute atomic E-state index is 0.0189. The molecule has 28 heavy (non-hydrogen) atoms. The van der Waals surface area contributed by atoms with Crippen LogP contribution < -0.4 is 0 Å². The molecule has 5 nitrogen and oxygen atoms in total. The van der Waals surface area contributed by atoms with Crippen LogP contribution in [0.4, 0.5) is 0 Å². The van der Waals surface area contributed by atoms with Gasteiger partial charge in [0, 0.05) is 37.9 Å². The van der Waals surface area contributed by atoms with Gasteiger partial charge in [-0.2, -0.15) is 0 Å². The van der Waals surface area contributed by atoms with Crippen molar-refractivity contribution in [3.05, 3.63) is 58.5 Å². The van der Waals surface area contributed by atoms with Crippen molar-refractivity contribution >= 4 is 17.7 Å². The highest BCUT2D eigenvalue weighted by Gasteiger charge is 2.37. The number of nitrogens with zero attached hydrogens (tertiary/aromatic N) is 4. The second kappa shape index (κ2) is 9.11. The molecule has 0 fully saturated rings. The van der Waals surface area contributed by atoms with E-state index < -0.39 is 0 Å². The summed E-state index contributed by atoms with van der Waals surface area (Å²) in [5.41, 5.74) is 6.15. The summed E-state index contributed by atoms with van der Waals surface area (Å²) in [6, 6.07) is 0. The Balaban J connectivity index is 2.52. The number of ketones is 1. The molecule has 0 aromatic heterocycles. The summed E-state index contributed by atoms with van der Waals surface area (Å²) >= 11 is 0. The highest BCUT2D eigenvalue weighted by Crippen LogP contribution is 2.36. The second-order valence-corrected chi connectivity index (χ2v) is 7.68. The molecule has 0 saturated carbocycles. The third-order valence-electron chi connectivity index (χ3n) is 4.90. The van der Waals surface area contributed by atoms with Crippen molar-refractivity contribution in [2.45, 2.75) is 46.8 Å². The standard InChI is InChI=1S/C23H32N4O/c1-9-18-13-19-21(27(8)23(25-19)26(6)7)20(22(28)17(18)5)16(4)11-10-12-24-14-15(2)3/h9,11-12,14,23H,5,10,13H2,1-4,6-8H3/b16-11+,18-9-,24-12-. The summed E-state index contributed by atoms with van der Waals surface area (Å²) in [5, 5.41) is 0. The molecule has 1 heterocycles. The van der Waals surface area contributed by atoms with Crippen molar-refractivity contribution in [2.75, 3.05) is 21.1 Å². The average molecular weight is 381 g/mol. The van der Waals surface area contributed by atoms with Crippen LogP contribution in [0.1, 0.15) is 40.5 Å². The molecule has 1 unspecified atom stereocenters. The van der Waals surface area contributed by atoms with Crippen LogP contribution in [0.3, 0.4) is 0 Å². The predicted octanol–water partition coefficient (Wildman–Crippen LogP) is 4.28. The van der Waals surface area contributed by atoms with E-state index in [9.17, 15) is 4.79 Å². The first-order chi connectivity index (χ1) is 13.2. The van der Waals surface area contributed by atoms with E-state index in [0.29, 0.717) is 24.0 Å². The lowest BCUT2D eigenvalue weighted by atomic mass is 9.94. The van der Waals surface area contributed by atoms with Crippen LogP contribution >= 0.6 is 0 Å². The van der Waals surface area contributed by atoms with Gasteiger partial charge in [-0.25, -0.2) is 4.99 Å². The SMILES string of the molecule is C=C1C(=O)C(/C(C)=C/C/C=N\C=C(C)C)=C2C(=NC(N(C)C)N2C)C/C1=C/C. The number of fused-ring (bicyclic) bond motifs is 1. The van der Waals surface area contributed by atoms with Gasteiger partial charge in [-0.1, -0.05) is 24.3 Å². The maximum atomic E-state index is 13.3. The number of hydrogen-bond acceptors (Lipinski definition) is 5. The molecule has 2 rings (SSSR count). The molecule has 0 bridgehead atoms. The molecule has 0 aromatic carbocycles. The minimum atomic E-state index is -0.107. The first-order valence-corrected chi connectivity index (χ1v) is 9.60. The van der Waals surface area contributed by atoms with Gasteiger partial charge in [-0.15, -0.1) is 0 Å². The van der Waals surface area contributed by atoms with Crippen LogP contribution in [0.15, 0.2) is 68.5 Å². The van der Waals surface area contributed by atoms with Crippen molar-refractivity contribution in [3.8, 4) is 0 Å². The fourth-order valence-electron chi connectivity index (χ4n) is 3.45. The van der Waals surface area contributed by atoms with Crippen molar-refractivity contribution in [3.63, 3.8) is 0 Å². The summed E-state index contributed by atoms with van der Waals surface area (Å²) < 4.78 is 0. The van der Waals surface area contributed by atoms with Gasteiger partial charge >= 0.3 is 0 Å². The Hall–Kier alpha value is -2.53. The van der Waals surface area contributed by atoms with Gasteiger partial charge in [0.05, 0.1) is 17.0 Å². The first kappa shape index (κ1) is 21.8. The lowest BCUT2D eigenvalue weighted by Crippen LogP contribution is -2.38. The predicted molar refractivity (Wildman–Crippen MR) is 119 cm³/mol. The van der Waals surface area contributed by atoms with E-state index in [4.69, 9.17) is 4.99 Å². The van der Waals surface area contributed by atoms with E-state index in [0.717, 1.165) is 28.1 Å². The second-order valence-electron chi connectivity index (χ2n) is 7.68. The zero-order valence-corrected chi connectivity index (χ0v) is 18.2. The number of carbonyl (C=O) groups is 1. The molecule has 1 aliphatic heterocycles. The molecule has 150 valence electrons. The van der Waals surface area contributed by atoms with Crippen LogP contribution in [-0.4, -0.2) is 54.9 Å².